The molecule has 0 spiro atoms. The molecule has 1 saturated carbocycles. The summed E-state index contributed by atoms with van der Waals surface area (Å²) in [4.78, 5) is 0. The van der Waals surface area contributed by atoms with Gasteiger partial charge in [-0.15, -0.1) is 0 Å². The van der Waals surface area contributed by atoms with Gasteiger partial charge in [-0.2, -0.15) is 0 Å². The Morgan fingerprint density at radius 3 is 2.39 bits per heavy atom. The van der Waals surface area contributed by atoms with Gasteiger partial charge in [0.15, 0.2) is 0 Å². The quantitative estimate of drug-likeness (QED) is 0.702. The molecule has 0 heterocycles. The smallest absolute Gasteiger partial charge is 0.00955 e. The molecule has 0 aromatic rings. The molecule has 0 aliphatic heterocycles. The largest absolute Gasteiger partial charge is 0.314 e. The summed E-state index contributed by atoms with van der Waals surface area (Å²) in [5, 5.41) is 3.80. The van der Waals surface area contributed by atoms with Crippen molar-refractivity contribution in [3.05, 3.63) is 0 Å². The Labute approximate surface area is 115 Å². The summed E-state index contributed by atoms with van der Waals surface area (Å²) >= 11 is 0. The van der Waals surface area contributed by atoms with Gasteiger partial charge >= 0.3 is 0 Å². The zero-order valence-corrected chi connectivity index (χ0v) is 13.4. The van der Waals surface area contributed by atoms with E-state index in [0.29, 0.717) is 5.41 Å². The summed E-state index contributed by atoms with van der Waals surface area (Å²) in [6, 6.07) is 0.801. The number of rotatable bonds is 6. The zero-order chi connectivity index (χ0) is 13.6. The van der Waals surface area contributed by atoms with Crippen molar-refractivity contribution in [3.63, 3.8) is 0 Å². The lowest BCUT2D eigenvalue weighted by molar-refractivity contribution is 0.172. The molecule has 1 rings (SSSR count). The first-order valence-electron chi connectivity index (χ1n) is 8.19. The van der Waals surface area contributed by atoms with E-state index in [2.05, 4.69) is 39.9 Å². The molecule has 0 saturated heterocycles. The topological polar surface area (TPSA) is 12.0 Å². The van der Waals surface area contributed by atoms with Gasteiger partial charge in [0.25, 0.3) is 0 Å². The third kappa shape index (κ3) is 5.73. The summed E-state index contributed by atoms with van der Waals surface area (Å²) < 4.78 is 0. The lowest BCUT2D eigenvalue weighted by Gasteiger charge is -2.38. The zero-order valence-electron chi connectivity index (χ0n) is 13.4. The van der Waals surface area contributed by atoms with Crippen LogP contribution in [0.15, 0.2) is 0 Å². The minimum Gasteiger partial charge on any atom is -0.314 e. The van der Waals surface area contributed by atoms with Gasteiger partial charge in [-0.3, -0.25) is 0 Å². The van der Waals surface area contributed by atoms with E-state index in [0.717, 1.165) is 17.9 Å². The van der Waals surface area contributed by atoms with Gasteiger partial charge in [0.2, 0.25) is 0 Å². The predicted octanol–water partition coefficient (Wildman–Crippen LogP) is 5.01. The Hall–Kier alpha value is -0.0400. The summed E-state index contributed by atoms with van der Waals surface area (Å²) in [5.74, 6) is 1.92. The Morgan fingerprint density at radius 1 is 1.11 bits per heavy atom. The van der Waals surface area contributed by atoms with E-state index >= 15 is 0 Å². The van der Waals surface area contributed by atoms with Crippen molar-refractivity contribution < 1.29 is 0 Å². The second kappa shape index (κ2) is 7.53. The van der Waals surface area contributed by atoms with Crippen LogP contribution < -0.4 is 5.32 Å². The normalized spacial score (nSPS) is 29.5. The van der Waals surface area contributed by atoms with Crippen LogP contribution in [0.25, 0.3) is 0 Å². The lowest BCUT2D eigenvalue weighted by Crippen LogP contribution is -2.41. The maximum Gasteiger partial charge on any atom is 0.00955 e. The fourth-order valence-corrected chi connectivity index (χ4v) is 3.27. The first kappa shape index (κ1) is 16.0. The monoisotopic (exact) mass is 253 g/mol. The highest BCUT2D eigenvalue weighted by molar-refractivity contribution is 4.85. The fraction of sp³-hybridized carbons (Fsp3) is 1.00. The van der Waals surface area contributed by atoms with Crippen LogP contribution in [0.4, 0.5) is 0 Å². The van der Waals surface area contributed by atoms with E-state index in [4.69, 9.17) is 0 Å². The second-order valence-corrected chi connectivity index (χ2v) is 7.51. The van der Waals surface area contributed by atoms with Gasteiger partial charge in [0.1, 0.15) is 0 Å². The molecule has 0 amide bonds. The van der Waals surface area contributed by atoms with Crippen LogP contribution in [0.3, 0.4) is 0 Å². The molecule has 3 unspecified atom stereocenters. The molecule has 0 radical (unpaired) electrons. The minimum absolute atomic E-state index is 0.495. The summed E-state index contributed by atoms with van der Waals surface area (Å²) in [6.07, 6.45) is 9.76. The van der Waals surface area contributed by atoms with Gasteiger partial charge < -0.3 is 5.32 Å². The second-order valence-electron chi connectivity index (χ2n) is 7.51. The van der Waals surface area contributed by atoms with Gasteiger partial charge in [0.05, 0.1) is 0 Å². The van der Waals surface area contributed by atoms with Crippen molar-refractivity contribution in [2.75, 3.05) is 6.54 Å². The first-order valence-corrected chi connectivity index (χ1v) is 8.19. The number of hydrogen-bond donors (Lipinski definition) is 1. The standard InChI is InChI=1S/C17H35N/c1-6-12-18-16-9-8-14(7-2)13-15(16)10-11-17(3,4)5/h14-16,18H,6-13H2,1-5H3. The van der Waals surface area contributed by atoms with Crippen LogP contribution in [0.1, 0.15) is 79.6 Å². The highest BCUT2D eigenvalue weighted by atomic mass is 14.9. The van der Waals surface area contributed by atoms with Crippen molar-refractivity contribution in [1.82, 2.24) is 5.32 Å². The van der Waals surface area contributed by atoms with E-state index in [1.807, 2.05) is 0 Å². The Bertz CT molecular complexity index is 216. The van der Waals surface area contributed by atoms with Crippen LogP contribution in [-0.2, 0) is 0 Å². The SMILES string of the molecule is CCCNC1CCC(CC)CC1CCC(C)(C)C. The van der Waals surface area contributed by atoms with Gasteiger partial charge in [-0.25, -0.2) is 0 Å². The average molecular weight is 253 g/mol. The van der Waals surface area contributed by atoms with Crippen LogP contribution in [-0.4, -0.2) is 12.6 Å². The van der Waals surface area contributed by atoms with Gasteiger partial charge in [-0.05, 0) is 62.3 Å². The van der Waals surface area contributed by atoms with Crippen molar-refractivity contribution in [1.29, 1.82) is 0 Å². The molecule has 1 aliphatic carbocycles. The molecule has 0 aromatic carbocycles. The molecule has 1 fully saturated rings. The Morgan fingerprint density at radius 2 is 1.83 bits per heavy atom. The Balaban J connectivity index is 2.48. The van der Waals surface area contributed by atoms with Crippen LogP contribution in [0.5, 0.6) is 0 Å². The maximum atomic E-state index is 3.80. The molecule has 1 N–H and O–H groups in total. The van der Waals surface area contributed by atoms with Gasteiger partial charge in [-0.1, -0.05) is 41.0 Å². The molecule has 1 nitrogen and oxygen atoms in total. The summed E-state index contributed by atoms with van der Waals surface area (Å²) in [7, 11) is 0. The molecule has 1 heteroatoms. The van der Waals surface area contributed by atoms with Crippen molar-refractivity contribution in [2.45, 2.75) is 85.6 Å². The van der Waals surface area contributed by atoms with Crippen LogP contribution >= 0.6 is 0 Å². The molecular formula is C17H35N. The number of nitrogens with one attached hydrogen (secondary N) is 1. The fourth-order valence-electron chi connectivity index (χ4n) is 3.27. The highest BCUT2D eigenvalue weighted by Gasteiger charge is 2.29. The third-order valence-corrected chi connectivity index (χ3v) is 4.59. The highest BCUT2D eigenvalue weighted by Crippen LogP contribution is 2.36. The predicted molar refractivity (Wildman–Crippen MR) is 81.9 cm³/mol. The molecule has 18 heavy (non-hydrogen) atoms. The van der Waals surface area contributed by atoms with Crippen molar-refractivity contribution in [2.24, 2.45) is 17.3 Å². The minimum atomic E-state index is 0.495. The van der Waals surface area contributed by atoms with Crippen LogP contribution in [0.2, 0.25) is 0 Å². The first-order chi connectivity index (χ1) is 8.46. The van der Waals surface area contributed by atoms with Gasteiger partial charge in [0, 0.05) is 6.04 Å². The molecular weight excluding hydrogens is 218 g/mol. The lowest BCUT2D eigenvalue weighted by atomic mass is 9.73. The van der Waals surface area contributed by atoms with Crippen molar-refractivity contribution >= 4 is 0 Å². The Kier molecular flexibility index (Phi) is 6.70. The summed E-state index contributed by atoms with van der Waals surface area (Å²) in [5.41, 5.74) is 0.495. The van der Waals surface area contributed by atoms with E-state index in [1.165, 1.54) is 51.5 Å². The van der Waals surface area contributed by atoms with Crippen LogP contribution in [0, 0.1) is 17.3 Å². The van der Waals surface area contributed by atoms with Crippen molar-refractivity contribution in [3.8, 4) is 0 Å². The molecule has 108 valence electrons. The third-order valence-electron chi connectivity index (χ3n) is 4.59. The van der Waals surface area contributed by atoms with E-state index < -0.39 is 0 Å². The maximum absolute atomic E-state index is 3.80. The molecule has 0 aromatic heterocycles. The van der Waals surface area contributed by atoms with E-state index in [9.17, 15) is 0 Å². The number of hydrogen-bond acceptors (Lipinski definition) is 1. The van der Waals surface area contributed by atoms with E-state index in [-0.39, 0.29) is 0 Å². The molecule has 0 bridgehead atoms. The van der Waals surface area contributed by atoms with E-state index in [1.54, 1.807) is 0 Å². The molecule has 3 atom stereocenters. The molecule has 1 aliphatic rings. The average Bonchev–Trinajstić information content (AvgIpc) is 2.33. The summed E-state index contributed by atoms with van der Waals surface area (Å²) in [6.45, 7) is 13.0.